The van der Waals surface area contributed by atoms with Gasteiger partial charge in [-0.15, -0.1) is 0 Å². The predicted molar refractivity (Wildman–Crippen MR) is 54.7 cm³/mol. The number of halogens is 3. The van der Waals surface area contributed by atoms with Crippen LogP contribution in [0, 0.1) is 0 Å². The fourth-order valence-electron chi connectivity index (χ4n) is 0.990. The molecule has 0 heterocycles. The lowest BCUT2D eigenvalue weighted by Crippen LogP contribution is -2.26. The Hall–Kier alpha value is -1.48. The molecule has 17 heavy (non-hydrogen) atoms. The van der Waals surface area contributed by atoms with Crippen molar-refractivity contribution in [3.63, 3.8) is 0 Å². The average molecular weight is 270 g/mol. The number of benzene rings is 1. The lowest BCUT2D eigenvalue weighted by atomic mass is 10.2. The summed E-state index contributed by atoms with van der Waals surface area (Å²) in [4.78, 5) is 0. The first kappa shape index (κ1) is 13.6. The van der Waals surface area contributed by atoms with Crippen LogP contribution < -0.4 is 9.44 Å². The van der Waals surface area contributed by atoms with Crippen molar-refractivity contribution in [2.24, 2.45) is 0 Å². The molecule has 1 aromatic carbocycles. The summed E-state index contributed by atoms with van der Waals surface area (Å²) in [6, 6.07) is 1.91. The second-order valence-corrected chi connectivity index (χ2v) is 4.66. The molecule has 9 heteroatoms. The number of aromatic hydroxyl groups is 1. The van der Waals surface area contributed by atoms with Crippen LogP contribution in [0.2, 0.25) is 0 Å². The minimum absolute atomic E-state index is 0.504. The minimum atomic E-state index is -4.62. The summed E-state index contributed by atoms with van der Waals surface area (Å²) in [7, 11) is -2.91. The molecule has 0 amide bonds. The predicted octanol–water partition coefficient (Wildman–Crippen LogP) is 1.29. The summed E-state index contributed by atoms with van der Waals surface area (Å²) in [5.74, 6) is -0.600. The molecular formula is C8H9F3N2O3S. The van der Waals surface area contributed by atoms with Crippen molar-refractivity contribution in [2.45, 2.75) is 6.18 Å². The van der Waals surface area contributed by atoms with Crippen molar-refractivity contribution < 1.29 is 26.7 Å². The average Bonchev–Trinajstić information content (AvgIpc) is 2.19. The molecular weight excluding hydrogens is 261 g/mol. The molecule has 0 saturated carbocycles. The smallest absolute Gasteiger partial charge is 0.416 e. The van der Waals surface area contributed by atoms with Gasteiger partial charge in [-0.1, -0.05) is 0 Å². The van der Waals surface area contributed by atoms with Gasteiger partial charge in [0, 0.05) is 7.05 Å². The summed E-state index contributed by atoms with van der Waals surface area (Å²) in [6.07, 6.45) is -4.62. The van der Waals surface area contributed by atoms with Gasteiger partial charge < -0.3 is 5.11 Å². The number of phenols is 1. The minimum Gasteiger partial charge on any atom is -0.506 e. The Labute approximate surface area is 95.4 Å². The number of anilines is 1. The van der Waals surface area contributed by atoms with Gasteiger partial charge in [0.25, 0.3) is 10.2 Å². The van der Waals surface area contributed by atoms with E-state index < -0.39 is 33.4 Å². The number of hydrogen-bond acceptors (Lipinski definition) is 3. The molecule has 0 aromatic heterocycles. The van der Waals surface area contributed by atoms with Crippen LogP contribution in [-0.2, 0) is 16.4 Å². The summed E-state index contributed by atoms with van der Waals surface area (Å²) in [5, 5.41) is 9.24. The van der Waals surface area contributed by atoms with Crippen molar-refractivity contribution in [1.29, 1.82) is 0 Å². The molecule has 0 unspecified atom stereocenters. The zero-order chi connectivity index (χ0) is 13.3. The van der Waals surface area contributed by atoms with Crippen LogP contribution in [0.3, 0.4) is 0 Å². The van der Waals surface area contributed by atoms with Crippen molar-refractivity contribution in [1.82, 2.24) is 4.72 Å². The molecule has 0 bridgehead atoms. The van der Waals surface area contributed by atoms with E-state index in [1.165, 1.54) is 0 Å². The topological polar surface area (TPSA) is 78.4 Å². The van der Waals surface area contributed by atoms with Crippen molar-refractivity contribution >= 4 is 15.9 Å². The molecule has 0 aliphatic carbocycles. The van der Waals surface area contributed by atoms with E-state index in [1.807, 2.05) is 4.72 Å². The van der Waals surface area contributed by atoms with Gasteiger partial charge in [0.05, 0.1) is 11.3 Å². The maximum absolute atomic E-state index is 12.3. The molecule has 5 nitrogen and oxygen atoms in total. The fourth-order valence-corrected chi connectivity index (χ4v) is 1.54. The third-order valence-corrected chi connectivity index (χ3v) is 2.86. The second-order valence-electron chi connectivity index (χ2n) is 3.04. The monoisotopic (exact) mass is 270 g/mol. The van der Waals surface area contributed by atoms with Gasteiger partial charge in [0.2, 0.25) is 0 Å². The molecule has 3 N–H and O–H groups in total. The van der Waals surface area contributed by atoms with Crippen LogP contribution in [0.15, 0.2) is 18.2 Å². The van der Waals surface area contributed by atoms with Crippen LogP contribution in [-0.4, -0.2) is 20.6 Å². The molecule has 0 atom stereocenters. The lowest BCUT2D eigenvalue weighted by Gasteiger charge is -2.12. The van der Waals surface area contributed by atoms with E-state index in [4.69, 9.17) is 0 Å². The van der Waals surface area contributed by atoms with Gasteiger partial charge in [0.15, 0.2) is 0 Å². The first-order valence-corrected chi connectivity index (χ1v) is 5.75. The molecule has 0 radical (unpaired) electrons. The molecule has 0 aliphatic rings. The lowest BCUT2D eigenvalue weighted by molar-refractivity contribution is -0.137. The molecule has 0 aliphatic heterocycles. The maximum atomic E-state index is 12.3. The Bertz CT molecular complexity index is 513. The first-order chi connectivity index (χ1) is 7.65. The first-order valence-electron chi connectivity index (χ1n) is 4.27. The third kappa shape index (κ3) is 3.49. The highest BCUT2D eigenvalue weighted by molar-refractivity contribution is 7.90. The Morgan fingerprint density at radius 1 is 1.29 bits per heavy atom. The molecule has 1 aromatic rings. The Morgan fingerprint density at radius 3 is 2.35 bits per heavy atom. The number of nitrogens with one attached hydrogen (secondary N) is 2. The van der Waals surface area contributed by atoms with Crippen LogP contribution in [0.4, 0.5) is 18.9 Å². The molecule has 0 spiro atoms. The van der Waals surface area contributed by atoms with E-state index >= 15 is 0 Å². The summed E-state index contributed by atoms with van der Waals surface area (Å²) in [6.45, 7) is 0. The normalized spacial score (nSPS) is 12.5. The quantitative estimate of drug-likeness (QED) is 0.724. The van der Waals surface area contributed by atoms with E-state index in [1.54, 1.807) is 4.72 Å². The second kappa shape index (κ2) is 4.41. The zero-order valence-corrected chi connectivity index (χ0v) is 9.35. The highest BCUT2D eigenvalue weighted by Crippen LogP contribution is 2.34. The molecule has 96 valence electrons. The number of alkyl halides is 3. The number of rotatable bonds is 3. The van der Waals surface area contributed by atoms with E-state index in [0.717, 1.165) is 13.1 Å². The third-order valence-electron chi connectivity index (χ3n) is 1.84. The van der Waals surface area contributed by atoms with E-state index in [2.05, 4.69) is 0 Å². The standard InChI is InChI=1S/C8H9F3N2O3S/c1-12-17(15,16)13-6-4-5(8(9,10)11)2-3-7(6)14/h2-4,12-14H,1H3. The zero-order valence-electron chi connectivity index (χ0n) is 8.54. The van der Waals surface area contributed by atoms with Crippen molar-refractivity contribution in [3.05, 3.63) is 23.8 Å². The number of hydrogen-bond donors (Lipinski definition) is 3. The highest BCUT2D eigenvalue weighted by atomic mass is 32.2. The maximum Gasteiger partial charge on any atom is 0.416 e. The van der Waals surface area contributed by atoms with Crippen molar-refractivity contribution in [3.8, 4) is 5.75 Å². The van der Waals surface area contributed by atoms with Gasteiger partial charge in [-0.05, 0) is 18.2 Å². The van der Waals surface area contributed by atoms with Gasteiger partial charge in [-0.25, -0.2) is 4.72 Å². The molecule has 0 fully saturated rings. The Balaban J connectivity index is 3.17. The van der Waals surface area contributed by atoms with Crippen LogP contribution >= 0.6 is 0 Å². The summed E-state index contributed by atoms with van der Waals surface area (Å²) in [5.41, 5.74) is -1.61. The van der Waals surface area contributed by atoms with E-state index in [-0.39, 0.29) is 0 Å². The largest absolute Gasteiger partial charge is 0.506 e. The van der Waals surface area contributed by atoms with Gasteiger partial charge in [0.1, 0.15) is 5.75 Å². The van der Waals surface area contributed by atoms with Gasteiger partial charge in [-0.2, -0.15) is 21.6 Å². The van der Waals surface area contributed by atoms with Crippen LogP contribution in [0.1, 0.15) is 5.56 Å². The summed E-state index contributed by atoms with van der Waals surface area (Å²) < 4.78 is 62.8. The van der Waals surface area contributed by atoms with E-state index in [0.29, 0.717) is 12.1 Å². The van der Waals surface area contributed by atoms with Crippen LogP contribution in [0.5, 0.6) is 5.75 Å². The Morgan fingerprint density at radius 2 is 1.88 bits per heavy atom. The highest BCUT2D eigenvalue weighted by Gasteiger charge is 2.31. The summed E-state index contributed by atoms with van der Waals surface area (Å²) >= 11 is 0. The van der Waals surface area contributed by atoms with Crippen molar-refractivity contribution in [2.75, 3.05) is 11.8 Å². The molecule has 1 rings (SSSR count). The fraction of sp³-hybridized carbons (Fsp3) is 0.250. The van der Waals surface area contributed by atoms with Crippen LogP contribution in [0.25, 0.3) is 0 Å². The molecule has 0 saturated heterocycles. The van der Waals surface area contributed by atoms with Gasteiger partial charge >= 0.3 is 6.18 Å². The Kier molecular flexibility index (Phi) is 3.53. The SMILES string of the molecule is CNS(=O)(=O)Nc1cc(C(F)(F)F)ccc1O. The van der Waals surface area contributed by atoms with E-state index in [9.17, 15) is 26.7 Å². The number of phenolic OH excluding ortho intramolecular Hbond substituents is 1. The van der Waals surface area contributed by atoms with Gasteiger partial charge in [-0.3, -0.25) is 4.72 Å².